The summed E-state index contributed by atoms with van der Waals surface area (Å²) < 4.78 is 1.63. The molecule has 1 aliphatic carbocycles. The number of aromatic nitrogens is 2. The maximum atomic E-state index is 11.6. The number of aryl methyl sites for hydroxylation is 1. The number of nitrogens with zero attached hydrogens (tertiary/aromatic N) is 2. The molecular formula is C11H18N4O2. The molecule has 0 aliphatic heterocycles. The zero-order valence-electron chi connectivity index (χ0n) is 9.89. The van der Waals surface area contributed by atoms with Crippen molar-refractivity contribution >= 4 is 11.7 Å². The minimum atomic E-state index is -0.209. The molecule has 1 saturated carbocycles. The predicted molar refractivity (Wildman–Crippen MR) is 63.6 cm³/mol. The van der Waals surface area contributed by atoms with Crippen LogP contribution in [0, 0.1) is 0 Å². The molecule has 1 aromatic rings. The van der Waals surface area contributed by atoms with Crippen molar-refractivity contribution in [3.63, 3.8) is 0 Å². The zero-order valence-corrected chi connectivity index (χ0v) is 9.89. The fourth-order valence-corrected chi connectivity index (χ4v) is 2.06. The third-order valence-corrected chi connectivity index (χ3v) is 2.99. The Morgan fingerprint density at radius 3 is 2.76 bits per heavy atom. The number of aliphatic hydroxyl groups excluding tert-OH is 1. The highest BCUT2D eigenvalue weighted by Crippen LogP contribution is 2.18. The molecule has 0 saturated heterocycles. The van der Waals surface area contributed by atoms with E-state index < -0.39 is 0 Å². The van der Waals surface area contributed by atoms with Gasteiger partial charge >= 0.3 is 6.03 Å². The number of urea groups is 1. The van der Waals surface area contributed by atoms with Gasteiger partial charge in [0.15, 0.2) is 0 Å². The van der Waals surface area contributed by atoms with Crippen molar-refractivity contribution in [1.82, 2.24) is 15.1 Å². The van der Waals surface area contributed by atoms with E-state index in [1.807, 2.05) is 0 Å². The molecule has 0 unspecified atom stereocenters. The predicted octanol–water partition coefficient (Wildman–Crippen LogP) is 0.845. The summed E-state index contributed by atoms with van der Waals surface area (Å²) in [5, 5.41) is 19.0. The van der Waals surface area contributed by atoms with Crippen molar-refractivity contribution in [2.75, 3.05) is 5.32 Å². The highest BCUT2D eigenvalue weighted by atomic mass is 16.3. The quantitative estimate of drug-likeness (QED) is 0.714. The number of carbonyl (C=O) groups excluding carboxylic acids is 1. The molecule has 1 fully saturated rings. The molecule has 0 bridgehead atoms. The van der Waals surface area contributed by atoms with Crippen molar-refractivity contribution in [3.8, 4) is 0 Å². The number of hydrogen-bond acceptors (Lipinski definition) is 3. The maximum absolute atomic E-state index is 11.6. The number of aliphatic hydroxyl groups is 1. The van der Waals surface area contributed by atoms with Crippen LogP contribution < -0.4 is 10.6 Å². The lowest BCUT2D eigenvalue weighted by Crippen LogP contribution is -2.40. The molecule has 1 aliphatic rings. The zero-order chi connectivity index (χ0) is 12.3. The lowest BCUT2D eigenvalue weighted by molar-refractivity contribution is 0.118. The van der Waals surface area contributed by atoms with E-state index in [9.17, 15) is 9.90 Å². The van der Waals surface area contributed by atoms with Gasteiger partial charge in [-0.1, -0.05) is 0 Å². The summed E-state index contributed by atoms with van der Waals surface area (Å²) >= 11 is 0. The second kappa shape index (κ2) is 5.18. The Balaban J connectivity index is 1.77. The van der Waals surface area contributed by atoms with Gasteiger partial charge in [0.1, 0.15) is 0 Å². The van der Waals surface area contributed by atoms with Crippen LogP contribution in [0.15, 0.2) is 12.4 Å². The summed E-state index contributed by atoms with van der Waals surface area (Å²) in [7, 11) is 1.80. The number of rotatable bonds is 2. The molecule has 6 nitrogen and oxygen atoms in total. The van der Waals surface area contributed by atoms with E-state index >= 15 is 0 Å². The van der Waals surface area contributed by atoms with Gasteiger partial charge in [-0.05, 0) is 25.7 Å². The van der Waals surface area contributed by atoms with E-state index in [0.717, 1.165) is 25.7 Å². The van der Waals surface area contributed by atoms with Crippen molar-refractivity contribution < 1.29 is 9.90 Å². The first-order valence-electron chi connectivity index (χ1n) is 5.87. The highest BCUT2D eigenvalue weighted by Gasteiger charge is 2.20. The van der Waals surface area contributed by atoms with Crippen LogP contribution in [0.3, 0.4) is 0 Å². The normalized spacial score (nSPS) is 24.4. The van der Waals surface area contributed by atoms with Crippen molar-refractivity contribution in [3.05, 3.63) is 12.4 Å². The first-order chi connectivity index (χ1) is 8.13. The molecule has 0 spiro atoms. The fourth-order valence-electron chi connectivity index (χ4n) is 2.06. The molecule has 6 heteroatoms. The van der Waals surface area contributed by atoms with Crippen LogP contribution in [0.5, 0.6) is 0 Å². The van der Waals surface area contributed by atoms with Crippen LogP contribution in [0.1, 0.15) is 25.7 Å². The van der Waals surface area contributed by atoms with Gasteiger partial charge in [0, 0.05) is 19.3 Å². The third-order valence-electron chi connectivity index (χ3n) is 2.99. The summed E-state index contributed by atoms with van der Waals surface area (Å²) in [5.74, 6) is 0. The fraction of sp³-hybridized carbons (Fsp3) is 0.636. The average molecular weight is 238 g/mol. The van der Waals surface area contributed by atoms with Crippen LogP contribution in [0.4, 0.5) is 10.5 Å². The Kier molecular flexibility index (Phi) is 3.63. The van der Waals surface area contributed by atoms with Crippen LogP contribution in [-0.2, 0) is 7.05 Å². The second-order valence-corrected chi connectivity index (χ2v) is 4.51. The van der Waals surface area contributed by atoms with Gasteiger partial charge in [-0.25, -0.2) is 4.79 Å². The standard InChI is InChI=1S/C11H18N4O2/c1-15-7-9(6-12-15)14-11(17)13-8-2-4-10(16)5-3-8/h6-8,10,16H,2-5H2,1H3,(H2,13,14,17). The lowest BCUT2D eigenvalue weighted by atomic mass is 9.93. The van der Waals surface area contributed by atoms with Crippen molar-refractivity contribution in [1.29, 1.82) is 0 Å². The smallest absolute Gasteiger partial charge is 0.319 e. The molecule has 17 heavy (non-hydrogen) atoms. The van der Waals surface area contributed by atoms with Crippen LogP contribution >= 0.6 is 0 Å². The third kappa shape index (κ3) is 3.45. The molecule has 1 heterocycles. The summed E-state index contributed by atoms with van der Waals surface area (Å²) in [6.07, 6.45) is 6.34. The molecule has 2 amide bonds. The SMILES string of the molecule is Cn1cc(NC(=O)NC2CCC(O)CC2)cn1. The highest BCUT2D eigenvalue weighted by molar-refractivity contribution is 5.89. The monoisotopic (exact) mass is 238 g/mol. The van der Waals surface area contributed by atoms with Gasteiger partial charge in [-0.2, -0.15) is 5.10 Å². The molecular weight excluding hydrogens is 220 g/mol. The number of carbonyl (C=O) groups is 1. The van der Waals surface area contributed by atoms with Crippen LogP contribution in [0.25, 0.3) is 0 Å². The molecule has 0 aromatic carbocycles. The minimum absolute atomic E-state index is 0.162. The number of hydrogen-bond donors (Lipinski definition) is 3. The Morgan fingerprint density at radius 1 is 1.47 bits per heavy atom. The molecule has 94 valence electrons. The van der Waals surface area contributed by atoms with E-state index in [2.05, 4.69) is 15.7 Å². The van der Waals surface area contributed by atoms with E-state index in [1.165, 1.54) is 0 Å². The largest absolute Gasteiger partial charge is 0.393 e. The summed E-state index contributed by atoms with van der Waals surface area (Å²) in [4.78, 5) is 11.6. The summed E-state index contributed by atoms with van der Waals surface area (Å²) in [5.41, 5.74) is 0.681. The maximum Gasteiger partial charge on any atom is 0.319 e. The van der Waals surface area contributed by atoms with Gasteiger partial charge in [-0.15, -0.1) is 0 Å². The van der Waals surface area contributed by atoms with Crippen molar-refractivity contribution in [2.45, 2.75) is 37.8 Å². The number of nitrogens with one attached hydrogen (secondary N) is 2. The number of anilines is 1. The lowest BCUT2D eigenvalue weighted by Gasteiger charge is -2.26. The summed E-state index contributed by atoms with van der Waals surface area (Å²) in [6.45, 7) is 0. The Labute approximate surface area is 100 Å². The van der Waals surface area contributed by atoms with Crippen LogP contribution in [0.2, 0.25) is 0 Å². The van der Waals surface area contributed by atoms with Crippen LogP contribution in [-0.4, -0.2) is 33.1 Å². The number of amides is 2. The molecule has 2 rings (SSSR count). The molecule has 3 N–H and O–H groups in total. The summed E-state index contributed by atoms with van der Waals surface area (Å²) in [6, 6.07) is -0.0468. The Hall–Kier alpha value is -1.56. The first-order valence-corrected chi connectivity index (χ1v) is 5.87. The molecule has 1 aromatic heterocycles. The second-order valence-electron chi connectivity index (χ2n) is 4.51. The molecule has 0 atom stereocenters. The topological polar surface area (TPSA) is 79.2 Å². The van der Waals surface area contributed by atoms with E-state index in [0.29, 0.717) is 5.69 Å². The van der Waals surface area contributed by atoms with Gasteiger partial charge < -0.3 is 15.7 Å². The van der Waals surface area contributed by atoms with Crippen molar-refractivity contribution in [2.24, 2.45) is 7.05 Å². The van der Waals surface area contributed by atoms with E-state index in [-0.39, 0.29) is 18.2 Å². The Morgan fingerprint density at radius 2 is 2.18 bits per heavy atom. The Bertz CT molecular complexity index is 383. The average Bonchev–Trinajstić information content (AvgIpc) is 2.67. The van der Waals surface area contributed by atoms with E-state index in [4.69, 9.17) is 0 Å². The van der Waals surface area contributed by atoms with Gasteiger partial charge in [0.2, 0.25) is 0 Å². The van der Waals surface area contributed by atoms with Gasteiger partial charge in [0.25, 0.3) is 0 Å². The van der Waals surface area contributed by atoms with Gasteiger partial charge in [0.05, 0.1) is 18.0 Å². The van der Waals surface area contributed by atoms with Gasteiger partial charge in [-0.3, -0.25) is 4.68 Å². The molecule has 0 radical (unpaired) electrons. The minimum Gasteiger partial charge on any atom is -0.393 e. The van der Waals surface area contributed by atoms with E-state index in [1.54, 1.807) is 24.1 Å². The first kappa shape index (κ1) is 11.9.